The summed E-state index contributed by atoms with van der Waals surface area (Å²) in [5.74, 6) is -0.486. The van der Waals surface area contributed by atoms with E-state index in [9.17, 15) is 9.18 Å². The molecule has 0 aromatic carbocycles. The average Bonchev–Trinajstić information content (AvgIpc) is 2.14. The third kappa shape index (κ3) is 6.63. The van der Waals surface area contributed by atoms with Crippen LogP contribution in [0.2, 0.25) is 0 Å². The van der Waals surface area contributed by atoms with Crippen molar-refractivity contribution in [3.05, 3.63) is 12.7 Å². The van der Waals surface area contributed by atoms with E-state index in [0.29, 0.717) is 6.42 Å². The van der Waals surface area contributed by atoms with Crippen molar-refractivity contribution >= 4 is 5.97 Å². The van der Waals surface area contributed by atoms with Gasteiger partial charge in [0, 0.05) is 12.5 Å². The molecule has 0 aromatic heterocycles. The lowest BCUT2D eigenvalue weighted by Crippen LogP contribution is -2.18. The van der Waals surface area contributed by atoms with E-state index in [2.05, 4.69) is 6.58 Å². The molecular weight excluding hydrogens is 183 g/mol. The Balaban J connectivity index is 3.64. The highest BCUT2D eigenvalue weighted by atomic mass is 19.1. The van der Waals surface area contributed by atoms with Crippen molar-refractivity contribution in [2.45, 2.75) is 51.8 Å². The molecule has 2 unspecified atom stereocenters. The van der Waals surface area contributed by atoms with Crippen LogP contribution in [0.1, 0.15) is 39.5 Å². The van der Waals surface area contributed by atoms with Crippen molar-refractivity contribution < 1.29 is 13.9 Å². The molecule has 0 aliphatic carbocycles. The van der Waals surface area contributed by atoms with Gasteiger partial charge in [-0.25, -0.2) is 9.18 Å². The largest absolute Gasteiger partial charge is 0.459 e. The summed E-state index contributed by atoms with van der Waals surface area (Å²) in [5.41, 5.74) is 0. The molecule has 82 valence electrons. The van der Waals surface area contributed by atoms with Crippen molar-refractivity contribution in [2.75, 3.05) is 0 Å². The predicted molar refractivity (Wildman–Crippen MR) is 54.8 cm³/mol. The van der Waals surface area contributed by atoms with Gasteiger partial charge in [-0.3, -0.25) is 0 Å². The van der Waals surface area contributed by atoms with Gasteiger partial charge in [-0.2, -0.15) is 0 Å². The average molecular weight is 202 g/mol. The molecule has 2 nitrogen and oxygen atoms in total. The van der Waals surface area contributed by atoms with E-state index in [1.165, 1.54) is 0 Å². The van der Waals surface area contributed by atoms with Gasteiger partial charge < -0.3 is 4.74 Å². The molecule has 0 aliphatic heterocycles. The number of hydrogen-bond acceptors (Lipinski definition) is 2. The van der Waals surface area contributed by atoms with E-state index >= 15 is 0 Å². The van der Waals surface area contributed by atoms with E-state index in [1.54, 1.807) is 6.92 Å². The number of esters is 1. The topological polar surface area (TPSA) is 26.3 Å². The van der Waals surface area contributed by atoms with E-state index in [-0.39, 0.29) is 12.5 Å². The Labute approximate surface area is 85.1 Å². The monoisotopic (exact) mass is 202 g/mol. The fourth-order valence-corrected chi connectivity index (χ4v) is 1.20. The zero-order chi connectivity index (χ0) is 11.0. The summed E-state index contributed by atoms with van der Waals surface area (Å²) in [6.45, 7) is 6.99. The molecule has 0 bridgehead atoms. The summed E-state index contributed by atoms with van der Waals surface area (Å²) < 4.78 is 18.0. The molecule has 0 fully saturated rings. The van der Waals surface area contributed by atoms with Crippen LogP contribution >= 0.6 is 0 Å². The normalized spacial score (nSPS) is 14.5. The molecule has 0 aromatic rings. The molecule has 3 heteroatoms. The maximum absolute atomic E-state index is 13.2. The highest BCUT2D eigenvalue weighted by Crippen LogP contribution is 2.12. The second kappa shape index (κ2) is 7.54. The highest BCUT2D eigenvalue weighted by molar-refractivity contribution is 5.81. The maximum Gasteiger partial charge on any atom is 0.330 e. The third-order valence-electron chi connectivity index (χ3n) is 1.94. The lowest BCUT2D eigenvalue weighted by atomic mass is 10.1. The first kappa shape index (κ1) is 13.1. The molecule has 0 aliphatic rings. The van der Waals surface area contributed by atoms with Crippen LogP contribution in [0.5, 0.6) is 0 Å². The molecule has 14 heavy (non-hydrogen) atoms. The standard InChI is InChI=1S/C11H19FO2/c1-4-6-7-10(12)8-9(3)14-11(13)5-2/h5,9-10H,2,4,6-8H2,1,3H3. The molecule has 2 atom stereocenters. The smallest absolute Gasteiger partial charge is 0.330 e. The van der Waals surface area contributed by atoms with Gasteiger partial charge in [-0.1, -0.05) is 26.3 Å². The van der Waals surface area contributed by atoms with Crippen molar-refractivity contribution in [3.63, 3.8) is 0 Å². The van der Waals surface area contributed by atoms with Gasteiger partial charge in [-0.05, 0) is 13.3 Å². The molecule has 0 heterocycles. The predicted octanol–water partition coefficient (Wildman–Crippen LogP) is 3.02. The fourth-order valence-electron chi connectivity index (χ4n) is 1.20. The molecule has 0 N–H and O–H groups in total. The first-order valence-corrected chi connectivity index (χ1v) is 5.07. The quantitative estimate of drug-likeness (QED) is 0.468. The maximum atomic E-state index is 13.2. The minimum absolute atomic E-state index is 0.277. The van der Waals surface area contributed by atoms with Gasteiger partial charge in [0.2, 0.25) is 0 Å². The van der Waals surface area contributed by atoms with Gasteiger partial charge in [-0.15, -0.1) is 0 Å². The third-order valence-corrected chi connectivity index (χ3v) is 1.94. The Hall–Kier alpha value is -0.860. The minimum atomic E-state index is -0.873. The summed E-state index contributed by atoms with van der Waals surface area (Å²) in [6, 6.07) is 0. The Morgan fingerprint density at radius 2 is 2.29 bits per heavy atom. The number of alkyl halides is 1. The molecule has 0 radical (unpaired) electrons. The molecule has 0 rings (SSSR count). The van der Waals surface area contributed by atoms with Gasteiger partial charge in [0.25, 0.3) is 0 Å². The van der Waals surface area contributed by atoms with Crippen molar-refractivity contribution in [1.82, 2.24) is 0 Å². The number of rotatable bonds is 7. The Bertz CT molecular complexity index is 180. The Morgan fingerprint density at radius 3 is 2.79 bits per heavy atom. The Kier molecular flexibility index (Phi) is 7.07. The van der Waals surface area contributed by atoms with Gasteiger partial charge >= 0.3 is 5.97 Å². The number of carbonyl (C=O) groups is 1. The number of carbonyl (C=O) groups excluding carboxylic acids is 1. The molecule has 0 saturated heterocycles. The zero-order valence-electron chi connectivity index (χ0n) is 8.96. The fraction of sp³-hybridized carbons (Fsp3) is 0.727. The van der Waals surface area contributed by atoms with Crippen molar-refractivity contribution in [1.29, 1.82) is 0 Å². The second-order valence-corrected chi connectivity index (χ2v) is 3.43. The number of halogens is 1. The van der Waals surface area contributed by atoms with Crippen LogP contribution in [0.25, 0.3) is 0 Å². The SMILES string of the molecule is C=CC(=O)OC(C)CC(F)CCCC. The first-order valence-electron chi connectivity index (χ1n) is 5.07. The molecule has 0 amide bonds. The van der Waals surface area contributed by atoms with Crippen LogP contribution in [0, 0.1) is 0 Å². The van der Waals surface area contributed by atoms with Gasteiger partial charge in [0.1, 0.15) is 12.3 Å². The Morgan fingerprint density at radius 1 is 1.64 bits per heavy atom. The summed E-state index contributed by atoms with van der Waals surface area (Å²) in [6.07, 6.45) is 2.54. The van der Waals surface area contributed by atoms with Crippen LogP contribution < -0.4 is 0 Å². The van der Waals surface area contributed by atoms with Crippen LogP contribution in [-0.2, 0) is 9.53 Å². The zero-order valence-corrected chi connectivity index (χ0v) is 8.96. The molecular formula is C11H19FO2. The van der Waals surface area contributed by atoms with Gasteiger partial charge in [0.05, 0.1) is 0 Å². The summed E-state index contributed by atoms with van der Waals surface area (Å²) >= 11 is 0. The number of hydrogen-bond donors (Lipinski definition) is 0. The molecule has 0 saturated carbocycles. The van der Waals surface area contributed by atoms with E-state index < -0.39 is 12.1 Å². The highest BCUT2D eigenvalue weighted by Gasteiger charge is 2.13. The minimum Gasteiger partial charge on any atom is -0.459 e. The van der Waals surface area contributed by atoms with Crippen molar-refractivity contribution in [2.24, 2.45) is 0 Å². The van der Waals surface area contributed by atoms with Crippen LogP contribution in [-0.4, -0.2) is 18.2 Å². The van der Waals surface area contributed by atoms with Crippen LogP contribution in [0.4, 0.5) is 4.39 Å². The first-order chi connectivity index (χ1) is 6.60. The van der Waals surface area contributed by atoms with Gasteiger partial charge in [0.15, 0.2) is 0 Å². The lowest BCUT2D eigenvalue weighted by molar-refractivity contribution is -0.142. The van der Waals surface area contributed by atoms with Crippen LogP contribution in [0.3, 0.4) is 0 Å². The van der Waals surface area contributed by atoms with Crippen LogP contribution in [0.15, 0.2) is 12.7 Å². The van der Waals surface area contributed by atoms with Crippen molar-refractivity contribution in [3.8, 4) is 0 Å². The summed E-state index contributed by atoms with van der Waals surface area (Å²) in [7, 11) is 0. The van der Waals surface area contributed by atoms with E-state index in [4.69, 9.17) is 4.74 Å². The van der Waals surface area contributed by atoms with E-state index in [0.717, 1.165) is 18.9 Å². The second-order valence-electron chi connectivity index (χ2n) is 3.43. The van der Waals surface area contributed by atoms with E-state index in [1.807, 2.05) is 6.92 Å². The number of unbranched alkanes of at least 4 members (excludes halogenated alkanes) is 1. The number of ether oxygens (including phenoxy) is 1. The molecule has 0 spiro atoms. The summed E-state index contributed by atoms with van der Waals surface area (Å²) in [4.78, 5) is 10.8. The summed E-state index contributed by atoms with van der Waals surface area (Å²) in [5, 5.41) is 0. The lowest BCUT2D eigenvalue weighted by Gasteiger charge is -2.14.